The van der Waals surface area contributed by atoms with Crippen LogP contribution in [-0.4, -0.2) is 48.2 Å². The minimum absolute atomic E-state index is 0.0183. The second-order valence-corrected chi connectivity index (χ2v) is 3.70. The van der Waals surface area contributed by atoms with Crippen molar-refractivity contribution in [3.05, 3.63) is 0 Å². The highest BCUT2D eigenvalue weighted by molar-refractivity contribution is 5.82. The lowest BCUT2D eigenvalue weighted by Gasteiger charge is -2.32. The van der Waals surface area contributed by atoms with E-state index in [0.717, 1.165) is 32.4 Å². The van der Waals surface area contributed by atoms with Gasteiger partial charge in [0.05, 0.1) is 12.6 Å². The predicted molar refractivity (Wildman–Crippen MR) is 55.0 cm³/mol. The molecule has 82 valence electrons. The van der Waals surface area contributed by atoms with Crippen LogP contribution in [0.1, 0.15) is 26.2 Å². The fourth-order valence-electron chi connectivity index (χ4n) is 1.79. The first kappa shape index (κ1) is 11.5. The van der Waals surface area contributed by atoms with E-state index in [4.69, 9.17) is 5.11 Å². The van der Waals surface area contributed by atoms with Crippen molar-refractivity contribution in [3.63, 3.8) is 0 Å². The Morgan fingerprint density at radius 1 is 1.64 bits per heavy atom. The number of piperidine rings is 1. The molecule has 1 amide bonds. The third kappa shape index (κ3) is 2.96. The number of hydrogen-bond donors (Lipinski definition) is 2. The van der Waals surface area contributed by atoms with Crippen LogP contribution in [0.3, 0.4) is 0 Å². The highest BCUT2D eigenvalue weighted by Gasteiger charge is 2.27. The van der Waals surface area contributed by atoms with E-state index in [1.807, 2.05) is 0 Å². The van der Waals surface area contributed by atoms with Crippen molar-refractivity contribution in [1.29, 1.82) is 0 Å². The van der Waals surface area contributed by atoms with Gasteiger partial charge in [-0.3, -0.25) is 4.79 Å². The first-order chi connectivity index (χ1) is 6.79. The van der Waals surface area contributed by atoms with Gasteiger partial charge in [-0.2, -0.15) is 0 Å². The topological polar surface area (TPSA) is 52.6 Å². The Morgan fingerprint density at radius 3 is 3.07 bits per heavy atom. The molecule has 0 aromatic carbocycles. The Morgan fingerprint density at radius 2 is 2.43 bits per heavy atom. The number of likely N-dealkylation sites (tertiary alicyclic amines) is 1. The molecule has 4 heteroatoms. The Hall–Kier alpha value is -0.610. The van der Waals surface area contributed by atoms with E-state index in [-0.39, 0.29) is 18.6 Å². The first-order valence-electron chi connectivity index (χ1n) is 5.42. The second kappa shape index (κ2) is 5.98. The minimum atomic E-state index is -0.0183. The summed E-state index contributed by atoms with van der Waals surface area (Å²) in [5.41, 5.74) is 0. The number of aliphatic hydroxyl groups is 1. The number of nitrogens with one attached hydrogen (secondary N) is 1. The fraction of sp³-hybridized carbons (Fsp3) is 0.900. The molecule has 2 N–H and O–H groups in total. The zero-order valence-electron chi connectivity index (χ0n) is 8.83. The molecule has 0 saturated carbocycles. The molecule has 1 rings (SSSR count). The average Bonchev–Trinajstić information content (AvgIpc) is 2.20. The summed E-state index contributed by atoms with van der Waals surface area (Å²) >= 11 is 0. The lowest BCUT2D eigenvalue weighted by Crippen LogP contribution is -2.51. The summed E-state index contributed by atoms with van der Waals surface area (Å²) in [5.74, 6) is 0.152. The van der Waals surface area contributed by atoms with Crippen molar-refractivity contribution in [3.8, 4) is 0 Å². The number of carbonyl (C=O) groups excluding carboxylic acids is 1. The summed E-state index contributed by atoms with van der Waals surface area (Å²) in [7, 11) is 0. The van der Waals surface area contributed by atoms with Gasteiger partial charge in [0.1, 0.15) is 0 Å². The third-order valence-electron chi connectivity index (χ3n) is 2.54. The smallest absolute Gasteiger partial charge is 0.239 e. The molecule has 1 aliphatic heterocycles. The van der Waals surface area contributed by atoms with E-state index in [1.54, 1.807) is 4.90 Å². The van der Waals surface area contributed by atoms with E-state index >= 15 is 0 Å². The van der Waals surface area contributed by atoms with Crippen LogP contribution in [0.2, 0.25) is 0 Å². The second-order valence-electron chi connectivity index (χ2n) is 3.70. The van der Waals surface area contributed by atoms with Gasteiger partial charge in [-0.1, -0.05) is 6.92 Å². The van der Waals surface area contributed by atoms with Gasteiger partial charge in [0.2, 0.25) is 5.91 Å². The van der Waals surface area contributed by atoms with Gasteiger partial charge in [-0.15, -0.1) is 0 Å². The van der Waals surface area contributed by atoms with Gasteiger partial charge in [0, 0.05) is 13.1 Å². The number of carbonyl (C=O) groups is 1. The summed E-state index contributed by atoms with van der Waals surface area (Å²) in [6.07, 6.45) is 3.01. The molecule has 1 fully saturated rings. The van der Waals surface area contributed by atoms with Crippen molar-refractivity contribution in [2.75, 3.05) is 26.2 Å². The third-order valence-corrected chi connectivity index (χ3v) is 2.54. The average molecular weight is 200 g/mol. The maximum absolute atomic E-state index is 11.8. The van der Waals surface area contributed by atoms with Crippen molar-refractivity contribution in [1.82, 2.24) is 10.2 Å². The molecular weight excluding hydrogens is 180 g/mol. The Labute approximate surface area is 85.3 Å². The largest absolute Gasteiger partial charge is 0.395 e. The molecule has 0 bridgehead atoms. The van der Waals surface area contributed by atoms with E-state index < -0.39 is 0 Å². The monoisotopic (exact) mass is 200 g/mol. The summed E-state index contributed by atoms with van der Waals surface area (Å²) in [6.45, 7) is 4.31. The summed E-state index contributed by atoms with van der Waals surface area (Å²) in [6, 6.07) is -0.0183. The normalized spacial score (nSPS) is 22.9. The number of β-amino-alcohol motifs (C(OH)–C–C–N with tert-alkyl or cyclic N) is 1. The molecule has 0 aliphatic carbocycles. The molecular formula is C10H20N2O2. The van der Waals surface area contributed by atoms with Crippen LogP contribution in [0.4, 0.5) is 0 Å². The SMILES string of the molecule is CCCNC1CCCN(CCO)C1=O. The maximum atomic E-state index is 11.8. The molecule has 0 radical (unpaired) electrons. The van der Waals surface area contributed by atoms with Gasteiger partial charge in [0.25, 0.3) is 0 Å². The van der Waals surface area contributed by atoms with Crippen LogP contribution < -0.4 is 5.32 Å². The zero-order chi connectivity index (χ0) is 10.4. The lowest BCUT2D eigenvalue weighted by molar-refractivity contribution is -0.136. The van der Waals surface area contributed by atoms with E-state index in [1.165, 1.54) is 0 Å². The molecule has 1 unspecified atom stereocenters. The quantitative estimate of drug-likeness (QED) is 0.655. The number of rotatable bonds is 5. The molecule has 0 aromatic rings. The molecule has 4 nitrogen and oxygen atoms in total. The fourth-order valence-corrected chi connectivity index (χ4v) is 1.79. The standard InChI is InChI=1S/C10H20N2O2/c1-2-5-11-9-4-3-6-12(7-8-13)10(9)14/h9,11,13H,2-8H2,1H3. The number of aliphatic hydroxyl groups excluding tert-OH is 1. The van der Waals surface area contributed by atoms with E-state index in [9.17, 15) is 4.79 Å². The summed E-state index contributed by atoms with van der Waals surface area (Å²) < 4.78 is 0. The van der Waals surface area contributed by atoms with Gasteiger partial charge in [-0.05, 0) is 25.8 Å². The lowest BCUT2D eigenvalue weighted by atomic mass is 10.0. The summed E-state index contributed by atoms with van der Waals surface area (Å²) in [5, 5.41) is 12.0. The minimum Gasteiger partial charge on any atom is -0.395 e. The van der Waals surface area contributed by atoms with Gasteiger partial charge < -0.3 is 15.3 Å². The predicted octanol–water partition coefficient (Wildman–Crippen LogP) is -0.0307. The molecule has 1 aliphatic rings. The molecule has 1 saturated heterocycles. The van der Waals surface area contributed by atoms with Crippen LogP contribution in [0.25, 0.3) is 0 Å². The molecule has 0 aromatic heterocycles. The Bertz CT molecular complexity index is 183. The van der Waals surface area contributed by atoms with Gasteiger partial charge in [-0.25, -0.2) is 0 Å². The van der Waals surface area contributed by atoms with E-state index in [2.05, 4.69) is 12.2 Å². The first-order valence-corrected chi connectivity index (χ1v) is 5.42. The molecule has 0 spiro atoms. The van der Waals surface area contributed by atoms with Crippen molar-refractivity contribution in [2.45, 2.75) is 32.2 Å². The van der Waals surface area contributed by atoms with Crippen molar-refractivity contribution in [2.24, 2.45) is 0 Å². The summed E-state index contributed by atoms with van der Waals surface area (Å²) in [4.78, 5) is 13.5. The Balaban J connectivity index is 2.40. The Kier molecular flexibility index (Phi) is 4.90. The van der Waals surface area contributed by atoms with Crippen LogP contribution >= 0.6 is 0 Å². The maximum Gasteiger partial charge on any atom is 0.239 e. The van der Waals surface area contributed by atoms with Crippen LogP contribution in [0, 0.1) is 0 Å². The zero-order valence-corrected chi connectivity index (χ0v) is 8.83. The van der Waals surface area contributed by atoms with E-state index in [0.29, 0.717) is 6.54 Å². The molecule has 14 heavy (non-hydrogen) atoms. The van der Waals surface area contributed by atoms with Gasteiger partial charge >= 0.3 is 0 Å². The number of amides is 1. The highest BCUT2D eigenvalue weighted by Crippen LogP contribution is 2.11. The van der Waals surface area contributed by atoms with Crippen molar-refractivity contribution >= 4 is 5.91 Å². The number of nitrogens with zero attached hydrogens (tertiary/aromatic N) is 1. The van der Waals surface area contributed by atoms with Crippen LogP contribution in [0.5, 0.6) is 0 Å². The molecule has 1 atom stereocenters. The highest BCUT2D eigenvalue weighted by atomic mass is 16.3. The molecule has 1 heterocycles. The van der Waals surface area contributed by atoms with Crippen molar-refractivity contribution < 1.29 is 9.90 Å². The van der Waals surface area contributed by atoms with Crippen LogP contribution in [0.15, 0.2) is 0 Å². The number of hydrogen-bond acceptors (Lipinski definition) is 3. The van der Waals surface area contributed by atoms with Gasteiger partial charge in [0.15, 0.2) is 0 Å². The van der Waals surface area contributed by atoms with Crippen LogP contribution in [-0.2, 0) is 4.79 Å².